The molecule has 0 radical (unpaired) electrons. The molecule has 0 saturated carbocycles. The van der Waals surface area contributed by atoms with E-state index in [4.69, 9.17) is 5.73 Å². The van der Waals surface area contributed by atoms with Gasteiger partial charge in [0, 0.05) is 23.1 Å². The third-order valence-electron chi connectivity index (χ3n) is 2.90. The van der Waals surface area contributed by atoms with Gasteiger partial charge in [-0.25, -0.2) is 15.0 Å². The SMILES string of the molecule is CCC(Nc1cc(N)nc(C(C)(C)C)n1)c1nccs1. The van der Waals surface area contributed by atoms with Crippen molar-refractivity contribution in [2.24, 2.45) is 0 Å². The van der Waals surface area contributed by atoms with Crippen LogP contribution in [0.3, 0.4) is 0 Å². The number of nitrogens with two attached hydrogens (primary N) is 1. The number of rotatable bonds is 4. The van der Waals surface area contributed by atoms with Gasteiger partial charge >= 0.3 is 0 Å². The van der Waals surface area contributed by atoms with E-state index in [1.165, 1.54) is 0 Å². The highest BCUT2D eigenvalue weighted by molar-refractivity contribution is 7.09. The molecule has 0 aromatic carbocycles. The Morgan fingerprint density at radius 2 is 2.10 bits per heavy atom. The van der Waals surface area contributed by atoms with Crippen LogP contribution in [0.5, 0.6) is 0 Å². The maximum atomic E-state index is 5.89. The fourth-order valence-electron chi connectivity index (χ4n) is 1.80. The lowest BCUT2D eigenvalue weighted by Crippen LogP contribution is -2.19. The highest BCUT2D eigenvalue weighted by atomic mass is 32.1. The summed E-state index contributed by atoms with van der Waals surface area (Å²) >= 11 is 1.64. The fourth-order valence-corrected chi connectivity index (χ4v) is 2.57. The Kier molecular flexibility index (Phi) is 4.23. The van der Waals surface area contributed by atoms with E-state index in [0.717, 1.165) is 23.1 Å². The molecular formula is C14H21N5S. The predicted molar refractivity (Wildman–Crippen MR) is 83.9 cm³/mol. The molecule has 2 aromatic rings. The van der Waals surface area contributed by atoms with Gasteiger partial charge in [0.25, 0.3) is 0 Å². The summed E-state index contributed by atoms with van der Waals surface area (Å²) in [6.07, 6.45) is 2.75. The number of nitrogen functional groups attached to an aromatic ring is 1. The zero-order valence-electron chi connectivity index (χ0n) is 12.3. The van der Waals surface area contributed by atoms with Crippen LogP contribution < -0.4 is 11.1 Å². The molecule has 0 amide bonds. The summed E-state index contributed by atoms with van der Waals surface area (Å²) < 4.78 is 0. The Hall–Kier alpha value is -1.69. The van der Waals surface area contributed by atoms with E-state index in [1.54, 1.807) is 17.4 Å². The van der Waals surface area contributed by atoms with E-state index in [-0.39, 0.29) is 11.5 Å². The van der Waals surface area contributed by atoms with Crippen LogP contribution in [0, 0.1) is 0 Å². The van der Waals surface area contributed by atoms with Crippen molar-refractivity contribution >= 4 is 23.0 Å². The number of hydrogen-bond donors (Lipinski definition) is 2. The average Bonchev–Trinajstić information content (AvgIpc) is 2.88. The molecule has 0 saturated heterocycles. The van der Waals surface area contributed by atoms with Gasteiger partial charge in [-0.05, 0) is 6.42 Å². The van der Waals surface area contributed by atoms with Crippen LogP contribution in [0.15, 0.2) is 17.6 Å². The van der Waals surface area contributed by atoms with Gasteiger partial charge in [0.15, 0.2) is 0 Å². The number of nitrogens with zero attached hydrogens (tertiary/aromatic N) is 3. The van der Waals surface area contributed by atoms with Crippen molar-refractivity contribution in [2.75, 3.05) is 11.1 Å². The van der Waals surface area contributed by atoms with Crippen LogP contribution >= 0.6 is 11.3 Å². The smallest absolute Gasteiger partial charge is 0.138 e. The van der Waals surface area contributed by atoms with Crippen molar-refractivity contribution < 1.29 is 0 Å². The van der Waals surface area contributed by atoms with E-state index in [2.05, 4.69) is 48.0 Å². The van der Waals surface area contributed by atoms with Crippen LogP contribution in [0.1, 0.15) is 51.0 Å². The van der Waals surface area contributed by atoms with Gasteiger partial charge in [0.2, 0.25) is 0 Å². The van der Waals surface area contributed by atoms with Crippen LogP contribution in [-0.4, -0.2) is 15.0 Å². The molecule has 0 bridgehead atoms. The summed E-state index contributed by atoms with van der Waals surface area (Å²) in [5, 5.41) is 6.44. The molecule has 2 aromatic heterocycles. The summed E-state index contributed by atoms with van der Waals surface area (Å²) in [5.74, 6) is 1.99. The van der Waals surface area contributed by atoms with E-state index in [1.807, 2.05) is 11.6 Å². The minimum absolute atomic E-state index is 0.130. The van der Waals surface area contributed by atoms with E-state index < -0.39 is 0 Å². The molecule has 108 valence electrons. The highest BCUT2D eigenvalue weighted by Gasteiger charge is 2.20. The second-order valence-corrected chi connectivity index (χ2v) is 6.65. The molecule has 2 rings (SSSR count). The first-order chi connectivity index (χ1) is 9.40. The van der Waals surface area contributed by atoms with Gasteiger partial charge in [0.05, 0.1) is 6.04 Å². The molecule has 6 heteroatoms. The third kappa shape index (κ3) is 3.45. The lowest BCUT2D eigenvalue weighted by atomic mass is 9.96. The number of anilines is 2. The zero-order valence-corrected chi connectivity index (χ0v) is 13.2. The van der Waals surface area contributed by atoms with Crippen molar-refractivity contribution in [2.45, 2.75) is 45.6 Å². The summed E-state index contributed by atoms with van der Waals surface area (Å²) in [4.78, 5) is 13.3. The van der Waals surface area contributed by atoms with Crippen molar-refractivity contribution in [3.63, 3.8) is 0 Å². The standard InChI is InChI=1S/C14H21N5S/c1-5-9(12-16-6-7-20-12)17-11-8-10(15)18-13(19-11)14(2,3)4/h6-9H,5H2,1-4H3,(H3,15,17,18,19). The molecule has 0 spiro atoms. The maximum Gasteiger partial charge on any atom is 0.138 e. The molecule has 20 heavy (non-hydrogen) atoms. The van der Waals surface area contributed by atoms with E-state index in [0.29, 0.717) is 5.82 Å². The summed E-state index contributed by atoms with van der Waals surface area (Å²) in [6.45, 7) is 8.34. The number of nitrogens with one attached hydrogen (secondary N) is 1. The van der Waals surface area contributed by atoms with Gasteiger partial charge in [-0.2, -0.15) is 0 Å². The molecule has 3 N–H and O–H groups in total. The van der Waals surface area contributed by atoms with Crippen LogP contribution in [0.25, 0.3) is 0 Å². The Bertz CT molecular complexity index is 559. The van der Waals surface area contributed by atoms with Gasteiger partial charge < -0.3 is 11.1 Å². The summed E-state index contributed by atoms with van der Waals surface area (Å²) in [5.41, 5.74) is 5.76. The predicted octanol–water partition coefficient (Wildman–Crippen LogP) is 3.38. The Labute approximate surface area is 123 Å². The lowest BCUT2D eigenvalue weighted by Gasteiger charge is -2.20. The first-order valence-corrected chi connectivity index (χ1v) is 7.59. The normalized spacial score (nSPS) is 13.2. The van der Waals surface area contributed by atoms with Gasteiger partial charge in [-0.15, -0.1) is 11.3 Å². The number of thiazole rings is 1. The number of aromatic nitrogens is 3. The van der Waals surface area contributed by atoms with E-state index in [9.17, 15) is 0 Å². The van der Waals surface area contributed by atoms with Crippen molar-refractivity contribution in [3.05, 3.63) is 28.5 Å². The minimum atomic E-state index is -0.130. The monoisotopic (exact) mass is 291 g/mol. The highest BCUT2D eigenvalue weighted by Crippen LogP contribution is 2.26. The molecular weight excluding hydrogens is 270 g/mol. The third-order valence-corrected chi connectivity index (χ3v) is 3.79. The summed E-state index contributed by atoms with van der Waals surface area (Å²) in [6, 6.07) is 1.92. The maximum absolute atomic E-state index is 5.89. The second kappa shape index (κ2) is 5.75. The van der Waals surface area contributed by atoms with Crippen molar-refractivity contribution in [1.82, 2.24) is 15.0 Å². The van der Waals surface area contributed by atoms with Gasteiger partial charge in [-0.3, -0.25) is 0 Å². The molecule has 1 unspecified atom stereocenters. The molecule has 5 nitrogen and oxygen atoms in total. The first kappa shape index (κ1) is 14.7. The summed E-state index contributed by atoms with van der Waals surface area (Å²) in [7, 11) is 0. The van der Waals surface area contributed by atoms with Gasteiger partial charge in [-0.1, -0.05) is 27.7 Å². The van der Waals surface area contributed by atoms with Crippen LogP contribution in [0.2, 0.25) is 0 Å². The molecule has 0 fully saturated rings. The fraction of sp³-hybridized carbons (Fsp3) is 0.500. The molecule has 0 aliphatic heterocycles. The van der Waals surface area contributed by atoms with Gasteiger partial charge in [0.1, 0.15) is 22.5 Å². The average molecular weight is 291 g/mol. The van der Waals surface area contributed by atoms with Crippen molar-refractivity contribution in [1.29, 1.82) is 0 Å². The molecule has 0 aliphatic carbocycles. The van der Waals surface area contributed by atoms with Crippen LogP contribution in [-0.2, 0) is 5.41 Å². The topological polar surface area (TPSA) is 76.7 Å². The second-order valence-electron chi connectivity index (χ2n) is 5.73. The minimum Gasteiger partial charge on any atom is -0.384 e. The quantitative estimate of drug-likeness (QED) is 0.903. The Balaban J connectivity index is 2.27. The Morgan fingerprint density at radius 1 is 1.35 bits per heavy atom. The molecule has 1 atom stereocenters. The molecule has 0 aliphatic rings. The Morgan fingerprint density at radius 3 is 2.65 bits per heavy atom. The van der Waals surface area contributed by atoms with Crippen molar-refractivity contribution in [3.8, 4) is 0 Å². The molecule has 2 heterocycles. The lowest BCUT2D eigenvalue weighted by molar-refractivity contribution is 0.546. The number of hydrogen-bond acceptors (Lipinski definition) is 6. The van der Waals surface area contributed by atoms with Crippen LogP contribution in [0.4, 0.5) is 11.6 Å². The zero-order chi connectivity index (χ0) is 14.8. The first-order valence-electron chi connectivity index (χ1n) is 6.71. The largest absolute Gasteiger partial charge is 0.384 e. The van der Waals surface area contributed by atoms with E-state index >= 15 is 0 Å².